The molecular weight excluding hydrogens is 370 g/mol. The number of fused-ring (bicyclic) bond motifs is 1. The summed E-state index contributed by atoms with van der Waals surface area (Å²) in [5.74, 6) is -2.09. The van der Waals surface area contributed by atoms with Gasteiger partial charge in [-0.3, -0.25) is 14.4 Å². The molecule has 0 radical (unpaired) electrons. The van der Waals surface area contributed by atoms with Crippen molar-refractivity contribution in [1.29, 1.82) is 0 Å². The number of rotatable bonds is 7. The number of amides is 1. The Bertz CT molecular complexity index is 893. The summed E-state index contributed by atoms with van der Waals surface area (Å²) in [6.07, 6.45) is 0.745. The third-order valence-corrected chi connectivity index (χ3v) is 5.12. The van der Waals surface area contributed by atoms with Gasteiger partial charge in [-0.15, -0.1) is 0 Å². The van der Waals surface area contributed by atoms with Gasteiger partial charge in [-0.1, -0.05) is 48.5 Å². The number of carbonyl (C=O) groups is 3. The SMILES string of the molecule is CCOC(=O)C1CC(NC(=O)CCC(=O)O)Cc2ccc(-c3ccccc3)cc21. The van der Waals surface area contributed by atoms with Crippen LogP contribution in [-0.4, -0.2) is 35.6 Å². The average Bonchev–Trinajstić information content (AvgIpc) is 2.72. The van der Waals surface area contributed by atoms with E-state index < -0.39 is 11.9 Å². The second kappa shape index (κ2) is 9.37. The van der Waals surface area contributed by atoms with E-state index in [0.717, 1.165) is 22.3 Å². The summed E-state index contributed by atoms with van der Waals surface area (Å²) in [5, 5.41) is 11.6. The predicted octanol–water partition coefficient (Wildman–Crippen LogP) is 3.30. The number of nitrogens with one attached hydrogen (secondary N) is 1. The Kier molecular flexibility index (Phi) is 6.65. The molecule has 2 N–H and O–H groups in total. The highest BCUT2D eigenvalue weighted by Gasteiger charge is 2.33. The number of hydrogen-bond acceptors (Lipinski definition) is 4. The van der Waals surface area contributed by atoms with Crippen molar-refractivity contribution in [3.05, 3.63) is 59.7 Å². The van der Waals surface area contributed by atoms with Gasteiger partial charge in [0, 0.05) is 12.5 Å². The molecular formula is C23H25NO5. The van der Waals surface area contributed by atoms with Crippen LogP contribution in [0.2, 0.25) is 0 Å². The summed E-state index contributed by atoms with van der Waals surface area (Å²) >= 11 is 0. The first-order valence-corrected chi connectivity index (χ1v) is 9.84. The third-order valence-electron chi connectivity index (χ3n) is 5.12. The second-order valence-electron chi connectivity index (χ2n) is 7.18. The molecule has 29 heavy (non-hydrogen) atoms. The van der Waals surface area contributed by atoms with Crippen molar-refractivity contribution < 1.29 is 24.2 Å². The lowest BCUT2D eigenvalue weighted by atomic mass is 9.79. The van der Waals surface area contributed by atoms with Gasteiger partial charge in [-0.05, 0) is 42.0 Å². The number of ether oxygens (including phenoxy) is 1. The summed E-state index contributed by atoms with van der Waals surface area (Å²) in [5.41, 5.74) is 4.03. The molecule has 6 heteroatoms. The zero-order chi connectivity index (χ0) is 20.8. The highest BCUT2D eigenvalue weighted by Crippen LogP contribution is 2.35. The molecule has 0 aliphatic heterocycles. The van der Waals surface area contributed by atoms with Crippen molar-refractivity contribution in [3.8, 4) is 11.1 Å². The van der Waals surface area contributed by atoms with E-state index in [1.165, 1.54) is 0 Å². The Hall–Kier alpha value is -3.15. The molecule has 2 atom stereocenters. The molecule has 0 aromatic heterocycles. The van der Waals surface area contributed by atoms with Crippen LogP contribution in [0.5, 0.6) is 0 Å². The van der Waals surface area contributed by atoms with Gasteiger partial charge in [-0.2, -0.15) is 0 Å². The fourth-order valence-corrected chi connectivity index (χ4v) is 3.77. The quantitative estimate of drug-likeness (QED) is 0.702. The maximum Gasteiger partial charge on any atom is 0.313 e. The Morgan fingerprint density at radius 3 is 2.52 bits per heavy atom. The Morgan fingerprint density at radius 1 is 1.07 bits per heavy atom. The number of carbonyl (C=O) groups excluding carboxylic acids is 2. The second-order valence-corrected chi connectivity index (χ2v) is 7.18. The van der Waals surface area contributed by atoms with Gasteiger partial charge in [0.15, 0.2) is 0 Å². The van der Waals surface area contributed by atoms with Crippen molar-refractivity contribution in [3.63, 3.8) is 0 Å². The lowest BCUT2D eigenvalue weighted by molar-refractivity contribution is -0.145. The van der Waals surface area contributed by atoms with Crippen LogP contribution < -0.4 is 5.32 Å². The zero-order valence-electron chi connectivity index (χ0n) is 16.4. The standard InChI is InChI=1S/C23H25NO5/c1-2-29-23(28)20-14-18(24-21(25)10-11-22(26)27)12-17-9-8-16(13-19(17)20)15-6-4-3-5-7-15/h3-9,13,18,20H,2,10-12,14H2,1H3,(H,24,25)(H,26,27). The van der Waals surface area contributed by atoms with Crippen LogP contribution in [0.25, 0.3) is 11.1 Å². The third kappa shape index (κ3) is 5.22. The fraction of sp³-hybridized carbons (Fsp3) is 0.348. The van der Waals surface area contributed by atoms with E-state index in [2.05, 4.69) is 5.32 Å². The topological polar surface area (TPSA) is 92.7 Å². The molecule has 0 saturated heterocycles. The largest absolute Gasteiger partial charge is 0.481 e. The fourth-order valence-electron chi connectivity index (χ4n) is 3.77. The average molecular weight is 395 g/mol. The molecule has 0 fully saturated rings. The molecule has 0 saturated carbocycles. The predicted molar refractivity (Wildman–Crippen MR) is 108 cm³/mol. The minimum absolute atomic E-state index is 0.0737. The number of esters is 1. The monoisotopic (exact) mass is 395 g/mol. The highest BCUT2D eigenvalue weighted by atomic mass is 16.5. The van der Waals surface area contributed by atoms with Crippen LogP contribution in [0, 0.1) is 0 Å². The molecule has 0 bridgehead atoms. The molecule has 6 nitrogen and oxygen atoms in total. The Balaban J connectivity index is 1.85. The molecule has 1 aliphatic carbocycles. The Morgan fingerprint density at radius 2 is 1.83 bits per heavy atom. The van der Waals surface area contributed by atoms with E-state index in [1.54, 1.807) is 6.92 Å². The van der Waals surface area contributed by atoms with E-state index in [1.807, 2.05) is 48.5 Å². The molecule has 0 spiro atoms. The van der Waals surface area contributed by atoms with Crippen molar-refractivity contribution in [1.82, 2.24) is 5.32 Å². The minimum atomic E-state index is -1.01. The van der Waals surface area contributed by atoms with E-state index in [0.29, 0.717) is 19.4 Å². The first-order chi connectivity index (χ1) is 14.0. The number of carboxylic acids is 1. The van der Waals surface area contributed by atoms with Crippen molar-refractivity contribution in [2.75, 3.05) is 6.61 Å². The number of carboxylic acid groups (broad SMARTS) is 1. The van der Waals surface area contributed by atoms with Crippen molar-refractivity contribution in [2.45, 2.75) is 44.6 Å². The Labute approximate surface area is 169 Å². The highest BCUT2D eigenvalue weighted by molar-refractivity contribution is 5.82. The summed E-state index contributed by atoms with van der Waals surface area (Å²) in [6.45, 7) is 2.06. The normalized spacial score (nSPS) is 17.8. The lowest BCUT2D eigenvalue weighted by Crippen LogP contribution is -2.41. The summed E-state index contributed by atoms with van der Waals surface area (Å²) < 4.78 is 5.29. The van der Waals surface area contributed by atoms with Gasteiger partial charge in [0.1, 0.15) is 0 Å². The van der Waals surface area contributed by atoms with E-state index >= 15 is 0 Å². The van der Waals surface area contributed by atoms with Crippen LogP contribution in [-0.2, 0) is 25.5 Å². The van der Waals surface area contributed by atoms with Gasteiger partial charge in [0.2, 0.25) is 5.91 Å². The van der Waals surface area contributed by atoms with Gasteiger partial charge in [0.25, 0.3) is 0 Å². The van der Waals surface area contributed by atoms with Crippen LogP contribution in [0.3, 0.4) is 0 Å². The van der Waals surface area contributed by atoms with Crippen LogP contribution in [0.1, 0.15) is 43.2 Å². The van der Waals surface area contributed by atoms with Crippen LogP contribution in [0.4, 0.5) is 0 Å². The molecule has 1 aliphatic rings. The van der Waals surface area contributed by atoms with Gasteiger partial charge in [-0.25, -0.2) is 0 Å². The maximum absolute atomic E-state index is 12.6. The molecule has 3 rings (SSSR count). The van der Waals surface area contributed by atoms with Crippen LogP contribution >= 0.6 is 0 Å². The summed E-state index contributed by atoms with van der Waals surface area (Å²) in [6, 6.07) is 15.8. The van der Waals surface area contributed by atoms with Gasteiger partial charge < -0.3 is 15.2 Å². The maximum atomic E-state index is 12.6. The number of hydrogen-bond donors (Lipinski definition) is 2. The molecule has 2 unspecified atom stereocenters. The molecule has 0 heterocycles. The summed E-state index contributed by atoms with van der Waals surface area (Å²) in [4.78, 5) is 35.4. The summed E-state index contributed by atoms with van der Waals surface area (Å²) in [7, 11) is 0. The van der Waals surface area contributed by atoms with E-state index in [-0.39, 0.29) is 30.8 Å². The lowest BCUT2D eigenvalue weighted by Gasteiger charge is -2.31. The molecule has 2 aromatic carbocycles. The smallest absolute Gasteiger partial charge is 0.313 e. The minimum Gasteiger partial charge on any atom is -0.481 e. The van der Waals surface area contributed by atoms with E-state index in [4.69, 9.17) is 9.84 Å². The first kappa shape index (κ1) is 20.6. The van der Waals surface area contributed by atoms with Crippen LogP contribution in [0.15, 0.2) is 48.5 Å². The van der Waals surface area contributed by atoms with Gasteiger partial charge >= 0.3 is 11.9 Å². The molecule has 2 aromatic rings. The van der Waals surface area contributed by atoms with Gasteiger partial charge in [0.05, 0.1) is 18.9 Å². The number of aliphatic carboxylic acids is 1. The van der Waals surface area contributed by atoms with E-state index in [9.17, 15) is 14.4 Å². The molecule has 1 amide bonds. The zero-order valence-corrected chi connectivity index (χ0v) is 16.4. The molecule has 152 valence electrons. The first-order valence-electron chi connectivity index (χ1n) is 9.84. The number of benzene rings is 2. The van der Waals surface area contributed by atoms with Crippen molar-refractivity contribution >= 4 is 17.8 Å². The van der Waals surface area contributed by atoms with Crippen molar-refractivity contribution in [2.24, 2.45) is 0 Å².